The average molecular weight is 361 g/mol. The van der Waals surface area contributed by atoms with E-state index in [0.29, 0.717) is 25.3 Å². The number of aromatic nitrogens is 1. The first-order valence-electron chi connectivity index (χ1n) is 8.59. The second-order valence-corrected chi connectivity index (χ2v) is 6.97. The van der Waals surface area contributed by atoms with Gasteiger partial charge in [-0.05, 0) is 24.5 Å². The highest BCUT2D eigenvalue weighted by atomic mass is 16.6. The van der Waals surface area contributed by atoms with Crippen molar-refractivity contribution in [2.24, 2.45) is 5.92 Å². The Morgan fingerprint density at radius 3 is 2.56 bits per heavy atom. The number of pyridine rings is 1. The molecule has 0 spiro atoms. The lowest BCUT2D eigenvalue weighted by Gasteiger charge is -2.43. The van der Waals surface area contributed by atoms with Gasteiger partial charge in [-0.25, -0.2) is 0 Å². The van der Waals surface area contributed by atoms with Gasteiger partial charge in [-0.1, -0.05) is 6.07 Å². The summed E-state index contributed by atoms with van der Waals surface area (Å²) >= 11 is 0. The van der Waals surface area contributed by atoms with Crippen molar-refractivity contribution >= 4 is 11.4 Å². The number of nitro groups is 1. The molecule has 134 valence electrons. The maximum absolute atomic E-state index is 12.1. The Morgan fingerprint density at radius 1 is 1.11 bits per heavy atom. The van der Waals surface area contributed by atoms with Gasteiger partial charge in [0.1, 0.15) is 17.8 Å². The fourth-order valence-corrected chi connectivity index (χ4v) is 4.25. The maximum atomic E-state index is 12.1. The van der Waals surface area contributed by atoms with E-state index in [1.807, 2.05) is 23.1 Å². The Hall–Kier alpha value is -3.65. The van der Waals surface area contributed by atoms with Crippen LogP contribution in [0.2, 0.25) is 0 Å². The summed E-state index contributed by atoms with van der Waals surface area (Å²) in [5.74, 6) is 0.282. The predicted molar refractivity (Wildman–Crippen MR) is 96.3 cm³/mol. The number of fused-ring (bicyclic) bond motifs is 4. The molecule has 4 rings (SSSR count). The molecule has 2 aliphatic rings. The minimum absolute atomic E-state index is 0.00190. The topological polar surface area (TPSA) is 116 Å². The van der Waals surface area contributed by atoms with Gasteiger partial charge in [-0.15, -0.1) is 0 Å². The van der Waals surface area contributed by atoms with Gasteiger partial charge >= 0.3 is 0 Å². The Kier molecular flexibility index (Phi) is 3.89. The number of anilines is 1. The van der Waals surface area contributed by atoms with Gasteiger partial charge in [0.15, 0.2) is 0 Å². The third kappa shape index (κ3) is 2.72. The number of nitrogens with zero attached hydrogens (tertiary/aromatic N) is 5. The van der Waals surface area contributed by atoms with Crippen LogP contribution in [0.3, 0.4) is 0 Å². The number of nitro benzene ring substituents is 1. The quantitative estimate of drug-likeness (QED) is 0.597. The zero-order valence-corrected chi connectivity index (χ0v) is 14.3. The van der Waals surface area contributed by atoms with E-state index >= 15 is 0 Å². The fraction of sp³-hybridized carbons (Fsp3) is 0.316. The summed E-state index contributed by atoms with van der Waals surface area (Å²) < 4.78 is 1.80. The van der Waals surface area contributed by atoms with Gasteiger partial charge < -0.3 is 9.47 Å². The molecule has 2 atom stereocenters. The number of rotatable bonds is 2. The van der Waals surface area contributed by atoms with Gasteiger partial charge in [0.25, 0.3) is 11.2 Å². The number of piperidine rings is 1. The molecule has 2 bridgehead atoms. The Bertz CT molecular complexity index is 1090. The van der Waals surface area contributed by atoms with Crippen LogP contribution in [0.25, 0.3) is 0 Å². The lowest BCUT2D eigenvalue weighted by Crippen LogP contribution is -2.47. The number of hydrogen-bond acceptors (Lipinski definition) is 6. The van der Waals surface area contributed by atoms with E-state index in [1.54, 1.807) is 16.7 Å². The first-order valence-corrected chi connectivity index (χ1v) is 8.59. The molecule has 0 aliphatic carbocycles. The SMILES string of the molecule is N#Cc1cc(N2C[C@@H]3C[C@@H](C2)c2cccc(=O)n2C3)c([N+](=O)[O-])cc1C#N. The molecule has 2 aliphatic heterocycles. The second-order valence-electron chi connectivity index (χ2n) is 6.97. The van der Waals surface area contributed by atoms with Crippen LogP contribution >= 0.6 is 0 Å². The lowest BCUT2D eigenvalue weighted by molar-refractivity contribution is -0.384. The molecule has 2 aromatic rings. The predicted octanol–water partition coefficient (Wildman–Crippen LogP) is 2.12. The Balaban J connectivity index is 1.78. The third-order valence-electron chi connectivity index (χ3n) is 5.37. The highest BCUT2D eigenvalue weighted by molar-refractivity contribution is 5.70. The monoisotopic (exact) mass is 361 g/mol. The van der Waals surface area contributed by atoms with Crippen molar-refractivity contribution in [2.75, 3.05) is 18.0 Å². The van der Waals surface area contributed by atoms with Crippen LogP contribution in [0.4, 0.5) is 11.4 Å². The van der Waals surface area contributed by atoms with E-state index in [4.69, 9.17) is 5.26 Å². The van der Waals surface area contributed by atoms with Gasteiger partial charge in [0, 0.05) is 43.4 Å². The van der Waals surface area contributed by atoms with Gasteiger partial charge in [0.05, 0.1) is 16.1 Å². The summed E-state index contributed by atoms with van der Waals surface area (Å²) in [6.45, 7) is 1.67. The van der Waals surface area contributed by atoms with Crippen LogP contribution < -0.4 is 10.5 Å². The Morgan fingerprint density at radius 2 is 1.85 bits per heavy atom. The van der Waals surface area contributed by atoms with Crippen molar-refractivity contribution in [3.8, 4) is 12.1 Å². The van der Waals surface area contributed by atoms with Crippen LogP contribution in [0, 0.1) is 38.7 Å². The maximum Gasteiger partial charge on any atom is 0.293 e. The molecule has 8 nitrogen and oxygen atoms in total. The molecule has 1 aromatic carbocycles. The molecule has 0 unspecified atom stereocenters. The molecular formula is C19H15N5O3. The normalized spacial score (nSPS) is 20.3. The molecule has 3 heterocycles. The van der Waals surface area contributed by atoms with Crippen molar-refractivity contribution in [2.45, 2.75) is 18.9 Å². The lowest BCUT2D eigenvalue weighted by atomic mass is 9.82. The highest BCUT2D eigenvalue weighted by Gasteiger charge is 2.36. The van der Waals surface area contributed by atoms with Crippen molar-refractivity contribution < 1.29 is 4.92 Å². The number of hydrogen-bond donors (Lipinski definition) is 0. The average Bonchev–Trinajstić information content (AvgIpc) is 2.67. The van der Waals surface area contributed by atoms with Crippen LogP contribution in [0.15, 0.2) is 35.1 Å². The van der Waals surface area contributed by atoms with Gasteiger partial charge in [-0.2, -0.15) is 10.5 Å². The molecule has 1 aromatic heterocycles. The zero-order valence-electron chi connectivity index (χ0n) is 14.3. The van der Waals surface area contributed by atoms with Crippen molar-refractivity contribution in [1.82, 2.24) is 4.57 Å². The largest absolute Gasteiger partial charge is 0.365 e. The molecule has 1 saturated heterocycles. The summed E-state index contributed by atoms with van der Waals surface area (Å²) in [5.41, 5.74) is 1.24. The summed E-state index contributed by atoms with van der Waals surface area (Å²) in [7, 11) is 0. The molecular weight excluding hydrogens is 346 g/mol. The van der Waals surface area contributed by atoms with Gasteiger partial charge in [0.2, 0.25) is 0 Å². The van der Waals surface area contributed by atoms with Crippen LogP contribution in [0.5, 0.6) is 0 Å². The molecule has 0 saturated carbocycles. The first-order chi connectivity index (χ1) is 13.0. The fourth-order valence-electron chi connectivity index (χ4n) is 4.25. The summed E-state index contributed by atoms with van der Waals surface area (Å²) in [6, 6.07) is 11.6. The van der Waals surface area contributed by atoms with E-state index < -0.39 is 4.92 Å². The van der Waals surface area contributed by atoms with Crippen molar-refractivity contribution in [3.05, 3.63) is 67.6 Å². The Labute approximate surface area is 154 Å². The summed E-state index contributed by atoms with van der Waals surface area (Å²) in [5, 5.41) is 30.0. The van der Waals surface area contributed by atoms with Crippen molar-refractivity contribution in [1.29, 1.82) is 10.5 Å². The van der Waals surface area contributed by atoms with E-state index in [0.717, 1.165) is 12.1 Å². The van der Waals surface area contributed by atoms with Crippen LogP contribution in [-0.4, -0.2) is 22.6 Å². The molecule has 0 N–H and O–H groups in total. The van der Waals surface area contributed by atoms with E-state index in [-0.39, 0.29) is 34.2 Å². The number of benzene rings is 1. The van der Waals surface area contributed by atoms with E-state index in [1.165, 1.54) is 12.1 Å². The molecule has 1 fully saturated rings. The highest BCUT2D eigenvalue weighted by Crippen LogP contribution is 2.40. The van der Waals surface area contributed by atoms with Crippen LogP contribution in [0.1, 0.15) is 29.2 Å². The second kappa shape index (κ2) is 6.26. The molecule has 8 heteroatoms. The molecule has 27 heavy (non-hydrogen) atoms. The van der Waals surface area contributed by atoms with Crippen molar-refractivity contribution in [3.63, 3.8) is 0 Å². The molecule has 0 amide bonds. The summed E-state index contributed by atoms with van der Waals surface area (Å²) in [6.07, 6.45) is 0.926. The standard InChI is InChI=1S/C19H15N5O3/c20-7-13-5-17(18(24(26)27)6-14(13)8-21)22-9-12-4-15(11-22)16-2-1-3-19(25)23(16)10-12/h1-3,5-6,12,15H,4,9-11H2/t12-,15-/m0/s1. The van der Waals surface area contributed by atoms with Crippen LogP contribution in [-0.2, 0) is 6.54 Å². The van der Waals surface area contributed by atoms with Gasteiger partial charge in [-0.3, -0.25) is 14.9 Å². The summed E-state index contributed by atoms with van der Waals surface area (Å²) in [4.78, 5) is 25.1. The molecule has 0 radical (unpaired) electrons. The zero-order chi connectivity index (χ0) is 19.1. The third-order valence-corrected chi connectivity index (χ3v) is 5.37. The minimum Gasteiger partial charge on any atom is -0.365 e. The van der Waals surface area contributed by atoms with E-state index in [2.05, 4.69) is 0 Å². The minimum atomic E-state index is -0.514. The van der Waals surface area contributed by atoms with E-state index in [9.17, 15) is 20.2 Å². The number of nitriles is 2. The smallest absolute Gasteiger partial charge is 0.293 e. The first kappa shape index (κ1) is 16.8.